The van der Waals surface area contributed by atoms with E-state index in [1.807, 2.05) is 6.07 Å². The third kappa shape index (κ3) is 5.99. The zero-order chi connectivity index (χ0) is 24.0. The van der Waals surface area contributed by atoms with Gasteiger partial charge >= 0.3 is 0 Å². The highest BCUT2D eigenvalue weighted by molar-refractivity contribution is 5.91. The quantitative estimate of drug-likeness (QED) is 0.352. The van der Waals surface area contributed by atoms with Gasteiger partial charge < -0.3 is 19.5 Å². The van der Waals surface area contributed by atoms with Gasteiger partial charge in [-0.15, -0.1) is 0 Å². The minimum atomic E-state index is -0.223. The van der Waals surface area contributed by atoms with Crippen LogP contribution in [0.15, 0.2) is 65.4 Å². The van der Waals surface area contributed by atoms with E-state index in [1.54, 1.807) is 0 Å². The normalized spacial score (nSPS) is 15.8. The first-order chi connectivity index (χ1) is 17.1. The number of aromatic nitrogens is 2. The molecule has 2 aromatic heterocycles. The van der Waals surface area contributed by atoms with E-state index >= 15 is 0 Å². The van der Waals surface area contributed by atoms with Crippen LogP contribution in [0, 0.1) is 6.92 Å². The highest BCUT2D eigenvalue weighted by atomic mass is 16.5. The molecule has 0 spiro atoms. The van der Waals surface area contributed by atoms with Gasteiger partial charge in [-0.05, 0) is 43.4 Å². The molecule has 0 bridgehead atoms. The molecule has 1 amide bonds. The van der Waals surface area contributed by atoms with Crippen LogP contribution in [-0.4, -0.2) is 46.6 Å². The molecule has 182 valence electrons. The Labute approximate surface area is 205 Å². The molecular weight excluding hydrogens is 440 g/mol. The molecule has 0 saturated carbocycles. The molecule has 0 aliphatic carbocycles. The first kappa shape index (κ1) is 23.3. The van der Waals surface area contributed by atoms with Gasteiger partial charge in [0, 0.05) is 43.3 Å². The molecule has 1 aliphatic heterocycles. The topological polar surface area (TPSA) is 83.4 Å². The summed E-state index contributed by atoms with van der Waals surface area (Å²) in [5, 5.41) is 4.16. The molecule has 1 aliphatic rings. The number of nitrogens with one attached hydrogen (secondary N) is 2. The lowest BCUT2D eigenvalue weighted by Crippen LogP contribution is -2.32. The summed E-state index contributed by atoms with van der Waals surface area (Å²) in [5.41, 5.74) is 5.23. The van der Waals surface area contributed by atoms with Gasteiger partial charge in [0.25, 0.3) is 5.91 Å². The van der Waals surface area contributed by atoms with Crippen LogP contribution in [0.3, 0.4) is 0 Å². The fourth-order valence-corrected chi connectivity index (χ4v) is 4.68. The van der Waals surface area contributed by atoms with Crippen molar-refractivity contribution in [2.75, 3.05) is 19.7 Å². The average Bonchev–Trinajstić information content (AvgIpc) is 3.62. The second kappa shape index (κ2) is 10.9. The number of nitrogens with zero attached hydrogens (tertiary/aromatic N) is 2. The number of amides is 1. The average molecular weight is 473 g/mol. The van der Waals surface area contributed by atoms with E-state index in [1.165, 1.54) is 28.3 Å². The molecule has 1 fully saturated rings. The van der Waals surface area contributed by atoms with Crippen molar-refractivity contribution in [3.63, 3.8) is 0 Å². The van der Waals surface area contributed by atoms with Crippen LogP contribution in [0.25, 0.3) is 10.9 Å². The lowest BCUT2D eigenvalue weighted by atomic mass is 10.1. The van der Waals surface area contributed by atoms with E-state index in [0.29, 0.717) is 24.7 Å². The van der Waals surface area contributed by atoms with Gasteiger partial charge in [0.15, 0.2) is 5.69 Å². The molecule has 0 radical (unpaired) electrons. The summed E-state index contributed by atoms with van der Waals surface area (Å²) in [5.74, 6) is 0.318. The summed E-state index contributed by atoms with van der Waals surface area (Å²) in [6.45, 7) is 5.51. The number of benzene rings is 2. The third-order valence-electron chi connectivity index (χ3n) is 6.52. The Hall–Kier alpha value is -3.42. The predicted molar refractivity (Wildman–Crippen MR) is 135 cm³/mol. The number of carbonyl (C=O) groups is 1. The third-order valence-corrected chi connectivity index (χ3v) is 6.52. The zero-order valence-electron chi connectivity index (χ0n) is 20.1. The summed E-state index contributed by atoms with van der Waals surface area (Å²) >= 11 is 0. The molecule has 5 rings (SSSR count). The minimum absolute atomic E-state index is 0.0969. The number of aryl methyl sites for hydroxylation is 1. The molecule has 2 N–H and O–H groups in total. The number of hydrogen-bond acceptors (Lipinski definition) is 5. The maximum absolute atomic E-state index is 12.5. The lowest BCUT2D eigenvalue weighted by Gasteiger charge is -2.21. The first-order valence-electron chi connectivity index (χ1n) is 12.3. The number of para-hydroxylation sites is 1. The van der Waals surface area contributed by atoms with Gasteiger partial charge in [-0.2, -0.15) is 0 Å². The molecular formula is C28H32N4O3. The van der Waals surface area contributed by atoms with Crippen LogP contribution in [0.1, 0.15) is 45.9 Å². The second-order valence-electron chi connectivity index (χ2n) is 9.28. The Morgan fingerprint density at radius 1 is 1.20 bits per heavy atom. The number of rotatable bonds is 10. The molecule has 7 nitrogen and oxygen atoms in total. The van der Waals surface area contributed by atoms with Crippen LogP contribution >= 0.6 is 0 Å². The van der Waals surface area contributed by atoms with Gasteiger partial charge in [0.05, 0.1) is 12.6 Å². The number of aromatic amines is 1. The van der Waals surface area contributed by atoms with Gasteiger partial charge in [-0.3, -0.25) is 9.69 Å². The van der Waals surface area contributed by atoms with Crippen molar-refractivity contribution in [1.82, 2.24) is 20.2 Å². The van der Waals surface area contributed by atoms with Gasteiger partial charge in [-0.1, -0.05) is 48.0 Å². The standard InChI is InChI=1S/C28H32N4O3/c1-20-6-4-7-21(14-20)17-32(12-11-22-15-29-25-10-3-2-9-24(22)25)18-27-31-26(19-35-27)28(33)30-16-23-8-5-13-34-23/h2-4,6-7,9-10,14-15,19,23,29H,5,8,11-13,16-18H2,1H3,(H,30,33)/t23-/m0/s1. The Balaban J connectivity index is 1.26. The number of oxazole rings is 1. The molecule has 35 heavy (non-hydrogen) atoms. The second-order valence-corrected chi connectivity index (χ2v) is 9.28. The first-order valence-corrected chi connectivity index (χ1v) is 12.3. The van der Waals surface area contributed by atoms with Gasteiger partial charge in [0.1, 0.15) is 6.26 Å². The molecule has 1 saturated heterocycles. The van der Waals surface area contributed by atoms with Gasteiger partial charge in [0.2, 0.25) is 5.89 Å². The monoisotopic (exact) mass is 472 g/mol. The van der Waals surface area contributed by atoms with E-state index in [0.717, 1.165) is 44.5 Å². The zero-order valence-corrected chi connectivity index (χ0v) is 20.1. The Morgan fingerprint density at radius 2 is 2.11 bits per heavy atom. The number of fused-ring (bicyclic) bond motifs is 1. The highest BCUT2D eigenvalue weighted by Crippen LogP contribution is 2.20. The SMILES string of the molecule is Cc1cccc(CN(CCc2c[nH]c3ccccc23)Cc2nc(C(=O)NC[C@@H]3CCCO3)co2)c1. The Morgan fingerprint density at radius 3 is 2.97 bits per heavy atom. The predicted octanol–water partition coefficient (Wildman–Crippen LogP) is 4.62. The maximum atomic E-state index is 12.5. The smallest absolute Gasteiger partial charge is 0.273 e. The Kier molecular flexibility index (Phi) is 7.25. The van der Waals surface area contributed by atoms with Crippen LogP contribution in [-0.2, 0) is 24.2 Å². The van der Waals surface area contributed by atoms with Crippen LogP contribution < -0.4 is 5.32 Å². The summed E-state index contributed by atoms with van der Waals surface area (Å²) < 4.78 is 11.3. The largest absolute Gasteiger partial charge is 0.447 e. The fourth-order valence-electron chi connectivity index (χ4n) is 4.68. The molecule has 7 heteroatoms. The van der Waals surface area contributed by atoms with Crippen molar-refractivity contribution in [1.29, 1.82) is 0 Å². The summed E-state index contributed by atoms with van der Waals surface area (Å²) in [7, 11) is 0. The van der Waals surface area contributed by atoms with Crippen molar-refractivity contribution in [3.8, 4) is 0 Å². The van der Waals surface area contributed by atoms with Crippen LogP contribution in [0.5, 0.6) is 0 Å². The number of ether oxygens (including phenoxy) is 1. The molecule has 0 unspecified atom stereocenters. The Bertz CT molecular complexity index is 1270. The van der Waals surface area contributed by atoms with Crippen LogP contribution in [0.2, 0.25) is 0 Å². The number of hydrogen-bond donors (Lipinski definition) is 2. The fraction of sp³-hybridized carbons (Fsp3) is 0.357. The van der Waals surface area contributed by atoms with Crippen molar-refractivity contribution in [2.24, 2.45) is 0 Å². The summed E-state index contributed by atoms with van der Waals surface area (Å²) in [6.07, 6.45) is 6.56. The van der Waals surface area contributed by atoms with E-state index < -0.39 is 0 Å². The number of H-pyrrole nitrogens is 1. The summed E-state index contributed by atoms with van der Waals surface area (Å²) in [4.78, 5) is 22.7. The summed E-state index contributed by atoms with van der Waals surface area (Å²) in [6, 6.07) is 16.9. The molecule has 4 aromatic rings. The van der Waals surface area contributed by atoms with Crippen molar-refractivity contribution < 1.29 is 13.9 Å². The van der Waals surface area contributed by atoms with E-state index in [4.69, 9.17) is 9.15 Å². The number of carbonyl (C=O) groups excluding carboxylic acids is 1. The van der Waals surface area contributed by atoms with E-state index in [-0.39, 0.29) is 12.0 Å². The van der Waals surface area contributed by atoms with E-state index in [2.05, 4.69) is 75.8 Å². The maximum Gasteiger partial charge on any atom is 0.273 e. The highest BCUT2D eigenvalue weighted by Gasteiger charge is 2.19. The van der Waals surface area contributed by atoms with Gasteiger partial charge in [-0.25, -0.2) is 4.98 Å². The van der Waals surface area contributed by atoms with Crippen molar-refractivity contribution in [2.45, 2.75) is 45.4 Å². The molecule has 1 atom stereocenters. The minimum Gasteiger partial charge on any atom is -0.447 e. The van der Waals surface area contributed by atoms with E-state index in [9.17, 15) is 4.79 Å². The molecule has 3 heterocycles. The van der Waals surface area contributed by atoms with Crippen molar-refractivity contribution >= 4 is 16.8 Å². The molecule has 2 aromatic carbocycles. The lowest BCUT2D eigenvalue weighted by molar-refractivity contribution is 0.0853. The van der Waals surface area contributed by atoms with Crippen LogP contribution in [0.4, 0.5) is 0 Å². The van der Waals surface area contributed by atoms with Crippen molar-refractivity contribution in [3.05, 3.63) is 89.3 Å².